The lowest BCUT2D eigenvalue weighted by Crippen LogP contribution is -2.27. The molecule has 2 rings (SSSR count). The highest BCUT2D eigenvalue weighted by molar-refractivity contribution is 7.91. The molecule has 0 aliphatic carbocycles. The van der Waals surface area contributed by atoms with Crippen molar-refractivity contribution in [1.82, 2.24) is 4.57 Å². The third-order valence-electron chi connectivity index (χ3n) is 4.03. The summed E-state index contributed by atoms with van der Waals surface area (Å²) in [6.07, 6.45) is -3.57. The van der Waals surface area contributed by atoms with E-state index < -0.39 is 39.4 Å². The molecule has 0 saturated heterocycles. The molecule has 1 aromatic heterocycles. The van der Waals surface area contributed by atoms with Gasteiger partial charge in [0.1, 0.15) is 11.5 Å². The molecule has 0 unspecified atom stereocenters. The van der Waals surface area contributed by atoms with E-state index in [1.807, 2.05) is 0 Å². The highest BCUT2D eigenvalue weighted by atomic mass is 32.2. The number of halogens is 4. The molecule has 0 aliphatic rings. The first-order chi connectivity index (χ1) is 12.3. The summed E-state index contributed by atoms with van der Waals surface area (Å²) < 4.78 is 77.1. The Bertz CT molecular complexity index is 965. The average Bonchev–Trinajstić information content (AvgIpc) is 2.92. The van der Waals surface area contributed by atoms with E-state index in [1.54, 1.807) is 6.92 Å². The number of aromatic nitrogens is 1. The molecule has 10 heteroatoms. The number of rotatable bonds is 5. The van der Waals surface area contributed by atoms with Crippen molar-refractivity contribution in [2.45, 2.75) is 24.9 Å². The Morgan fingerprint density at radius 1 is 1.26 bits per heavy atom. The molecule has 0 saturated carbocycles. The van der Waals surface area contributed by atoms with Crippen molar-refractivity contribution >= 4 is 21.4 Å². The van der Waals surface area contributed by atoms with Crippen LogP contribution in [0.2, 0.25) is 0 Å². The van der Waals surface area contributed by atoms with E-state index in [-0.39, 0.29) is 16.3 Å². The molecule has 1 atom stereocenters. The second-order valence-corrected chi connectivity index (χ2v) is 8.35. The minimum atomic E-state index is -4.64. The third kappa shape index (κ3) is 4.88. The van der Waals surface area contributed by atoms with Crippen LogP contribution in [-0.2, 0) is 16.9 Å². The van der Waals surface area contributed by atoms with Gasteiger partial charge < -0.3 is 9.88 Å². The van der Waals surface area contributed by atoms with Crippen molar-refractivity contribution < 1.29 is 30.8 Å². The van der Waals surface area contributed by atoms with Crippen molar-refractivity contribution in [3.05, 3.63) is 47.5 Å². The normalized spacial score (nSPS) is 13.4. The molecule has 1 amide bonds. The fourth-order valence-electron chi connectivity index (χ4n) is 2.32. The Hall–Kier alpha value is -2.36. The first-order valence-electron chi connectivity index (χ1n) is 7.84. The summed E-state index contributed by atoms with van der Waals surface area (Å²) in [5.41, 5.74) is 0.465. The predicted octanol–water partition coefficient (Wildman–Crippen LogP) is 3.70. The smallest absolute Gasteiger partial charge is 0.345 e. The van der Waals surface area contributed by atoms with Gasteiger partial charge in [0.2, 0.25) is 0 Å². The fourth-order valence-corrected chi connectivity index (χ4v) is 3.97. The van der Waals surface area contributed by atoms with Crippen molar-refractivity contribution in [3.63, 3.8) is 0 Å². The van der Waals surface area contributed by atoms with Crippen LogP contribution >= 0.6 is 0 Å². The number of alkyl halides is 3. The SMILES string of the molecule is Cc1ccc(NC(=O)c2cc(S(=O)(=O)C[C@@H](C)C(F)(F)F)cn2C)cc1F. The van der Waals surface area contributed by atoms with Gasteiger partial charge in [0, 0.05) is 18.9 Å². The number of hydrogen-bond donors (Lipinski definition) is 1. The fraction of sp³-hybridized carbons (Fsp3) is 0.353. The van der Waals surface area contributed by atoms with E-state index in [4.69, 9.17) is 0 Å². The van der Waals surface area contributed by atoms with Gasteiger partial charge in [-0.05, 0) is 30.7 Å². The lowest BCUT2D eigenvalue weighted by atomic mass is 10.2. The summed E-state index contributed by atoms with van der Waals surface area (Å²) in [6.45, 7) is 2.33. The molecule has 0 fully saturated rings. The summed E-state index contributed by atoms with van der Waals surface area (Å²) in [4.78, 5) is 11.9. The summed E-state index contributed by atoms with van der Waals surface area (Å²) in [7, 11) is -2.86. The average molecular weight is 406 g/mol. The highest BCUT2D eigenvalue weighted by Crippen LogP contribution is 2.29. The van der Waals surface area contributed by atoms with Crippen molar-refractivity contribution in [2.75, 3.05) is 11.1 Å². The molecule has 1 N–H and O–H groups in total. The Kier molecular flexibility index (Phi) is 5.69. The topological polar surface area (TPSA) is 68.2 Å². The van der Waals surface area contributed by atoms with E-state index in [0.717, 1.165) is 25.3 Å². The van der Waals surface area contributed by atoms with Gasteiger partial charge >= 0.3 is 6.18 Å². The summed E-state index contributed by atoms with van der Waals surface area (Å²) >= 11 is 0. The number of nitrogens with zero attached hydrogens (tertiary/aromatic N) is 1. The molecule has 0 bridgehead atoms. The number of carbonyl (C=O) groups excluding carboxylic acids is 1. The number of benzene rings is 1. The van der Waals surface area contributed by atoms with Crippen LogP contribution in [-0.4, -0.2) is 30.8 Å². The van der Waals surface area contributed by atoms with Crippen LogP contribution in [0.25, 0.3) is 0 Å². The maximum absolute atomic E-state index is 13.6. The maximum atomic E-state index is 13.6. The summed E-state index contributed by atoms with van der Waals surface area (Å²) in [6, 6.07) is 5.05. The van der Waals surface area contributed by atoms with E-state index in [2.05, 4.69) is 5.32 Å². The van der Waals surface area contributed by atoms with Gasteiger partial charge in [-0.1, -0.05) is 13.0 Å². The maximum Gasteiger partial charge on any atom is 0.392 e. The van der Waals surface area contributed by atoms with Crippen LogP contribution in [0.5, 0.6) is 0 Å². The van der Waals surface area contributed by atoms with Gasteiger partial charge in [-0.25, -0.2) is 12.8 Å². The van der Waals surface area contributed by atoms with Gasteiger partial charge in [0.05, 0.1) is 16.6 Å². The Balaban J connectivity index is 2.24. The molecular weight excluding hydrogens is 388 g/mol. The lowest BCUT2D eigenvalue weighted by Gasteiger charge is -2.14. The van der Waals surface area contributed by atoms with Crippen LogP contribution in [0.3, 0.4) is 0 Å². The van der Waals surface area contributed by atoms with Gasteiger partial charge in [-0.15, -0.1) is 0 Å². The summed E-state index contributed by atoms with van der Waals surface area (Å²) in [5.74, 6) is -4.41. The number of amides is 1. The molecule has 148 valence electrons. The molecule has 2 aromatic rings. The standard InChI is InChI=1S/C17H18F4N2O3S/c1-10-4-5-12(6-14(10)18)22-16(24)15-7-13(8-23(15)3)27(25,26)9-11(2)17(19,20)21/h4-8,11H,9H2,1-3H3,(H,22,24)/t11-/m1/s1. The van der Waals surface area contributed by atoms with E-state index >= 15 is 0 Å². The second-order valence-electron chi connectivity index (χ2n) is 6.31. The van der Waals surface area contributed by atoms with Gasteiger partial charge in [-0.2, -0.15) is 13.2 Å². The van der Waals surface area contributed by atoms with Crippen LogP contribution in [0.1, 0.15) is 23.0 Å². The van der Waals surface area contributed by atoms with Crippen molar-refractivity contribution in [3.8, 4) is 0 Å². The molecule has 0 aliphatic heterocycles. The largest absolute Gasteiger partial charge is 0.392 e. The number of aryl methyl sites for hydroxylation is 2. The Morgan fingerprint density at radius 3 is 2.44 bits per heavy atom. The number of sulfone groups is 1. The van der Waals surface area contributed by atoms with Crippen LogP contribution in [0.15, 0.2) is 35.4 Å². The zero-order valence-corrected chi connectivity index (χ0v) is 15.6. The van der Waals surface area contributed by atoms with E-state index in [0.29, 0.717) is 5.56 Å². The molecule has 1 aromatic carbocycles. The third-order valence-corrected chi connectivity index (χ3v) is 5.91. The monoisotopic (exact) mass is 406 g/mol. The Labute approximate surface area is 153 Å². The Morgan fingerprint density at radius 2 is 1.89 bits per heavy atom. The molecule has 27 heavy (non-hydrogen) atoms. The van der Waals surface area contributed by atoms with Crippen LogP contribution < -0.4 is 5.32 Å². The molecule has 1 heterocycles. The zero-order chi connectivity index (χ0) is 20.6. The minimum absolute atomic E-state index is 0.0887. The minimum Gasteiger partial charge on any atom is -0.345 e. The molecule has 0 radical (unpaired) electrons. The number of hydrogen-bond acceptors (Lipinski definition) is 3. The van der Waals surface area contributed by atoms with Gasteiger partial charge in [-0.3, -0.25) is 4.79 Å². The van der Waals surface area contributed by atoms with E-state index in [1.165, 1.54) is 23.7 Å². The number of nitrogens with one attached hydrogen (secondary N) is 1. The summed E-state index contributed by atoms with van der Waals surface area (Å²) in [5, 5.41) is 2.42. The number of anilines is 1. The first-order valence-corrected chi connectivity index (χ1v) is 9.50. The number of carbonyl (C=O) groups is 1. The first kappa shape index (κ1) is 20.9. The second kappa shape index (κ2) is 7.34. The molecular formula is C17H18F4N2O3S. The lowest BCUT2D eigenvalue weighted by molar-refractivity contribution is -0.163. The highest BCUT2D eigenvalue weighted by Gasteiger charge is 2.39. The quantitative estimate of drug-likeness (QED) is 0.770. The zero-order valence-electron chi connectivity index (χ0n) is 14.8. The molecule has 0 spiro atoms. The van der Waals surface area contributed by atoms with Crippen LogP contribution in [0.4, 0.5) is 23.2 Å². The van der Waals surface area contributed by atoms with Gasteiger partial charge in [0.15, 0.2) is 9.84 Å². The van der Waals surface area contributed by atoms with E-state index in [9.17, 15) is 30.8 Å². The van der Waals surface area contributed by atoms with Crippen molar-refractivity contribution in [2.24, 2.45) is 13.0 Å². The molecule has 5 nitrogen and oxygen atoms in total. The predicted molar refractivity (Wildman–Crippen MR) is 91.8 cm³/mol. The van der Waals surface area contributed by atoms with Gasteiger partial charge in [0.25, 0.3) is 5.91 Å². The van der Waals surface area contributed by atoms with Crippen LogP contribution in [0, 0.1) is 18.7 Å². The van der Waals surface area contributed by atoms with Crippen molar-refractivity contribution in [1.29, 1.82) is 0 Å².